The van der Waals surface area contributed by atoms with Crippen LogP contribution < -0.4 is 5.32 Å². The molecule has 4 heteroatoms. The van der Waals surface area contributed by atoms with E-state index in [4.69, 9.17) is 11.6 Å². The van der Waals surface area contributed by atoms with Crippen molar-refractivity contribution in [2.75, 3.05) is 0 Å². The predicted octanol–water partition coefficient (Wildman–Crippen LogP) is 1.03. The van der Waals surface area contributed by atoms with Gasteiger partial charge in [0.2, 0.25) is 5.91 Å². The van der Waals surface area contributed by atoms with E-state index in [0.29, 0.717) is 0 Å². The Labute approximate surface area is 83.5 Å². The van der Waals surface area contributed by atoms with Gasteiger partial charge in [0.1, 0.15) is 5.38 Å². The summed E-state index contributed by atoms with van der Waals surface area (Å²) >= 11 is 5.60. The molecule has 0 aromatic carbocycles. The first kappa shape index (κ1) is 10.8. The van der Waals surface area contributed by atoms with E-state index in [0.717, 1.165) is 25.7 Å². The summed E-state index contributed by atoms with van der Waals surface area (Å²) in [5, 5.41) is 11.8. The highest BCUT2D eigenvalue weighted by Gasteiger charge is 2.25. The number of amides is 1. The molecule has 76 valence electrons. The third-order valence-corrected chi connectivity index (χ3v) is 2.62. The topological polar surface area (TPSA) is 49.3 Å². The van der Waals surface area contributed by atoms with E-state index in [2.05, 4.69) is 5.32 Å². The quantitative estimate of drug-likeness (QED) is 0.662. The second kappa shape index (κ2) is 4.82. The molecule has 3 nitrogen and oxygen atoms in total. The van der Waals surface area contributed by atoms with E-state index >= 15 is 0 Å². The summed E-state index contributed by atoms with van der Waals surface area (Å²) in [7, 11) is 0. The van der Waals surface area contributed by atoms with Crippen molar-refractivity contribution in [2.24, 2.45) is 0 Å². The Kier molecular flexibility index (Phi) is 4.00. The van der Waals surface area contributed by atoms with E-state index < -0.39 is 11.5 Å². The number of hydrogen-bond acceptors (Lipinski definition) is 2. The highest BCUT2D eigenvalue weighted by Crippen LogP contribution is 2.18. The van der Waals surface area contributed by atoms with E-state index in [9.17, 15) is 9.90 Å². The van der Waals surface area contributed by atoms with Crippen LogP contribution in [0.25, 0.3) is 0 Å². The minimum Gasteiger partial charge on any atom is -0.391 e. The molecule has 0 heterocycles. The van der Waals surface area contributed by atoms with Crippen LogP contribution in [0.3, 0.4) is 0 Å². The van der Waals surface area contributed by atoms with Gasteiger partial charge in [0.25, 0.3) is 0 Å². The van der Waals surface area contributed by atoms with Crippen LogP contribution in [0, 0.1) is 0 Å². The number of carbonyl (C=O) groups is 1. The highest BCUT2D eigenvalue weighted by molar-refractivity contribution is 6.30. The van der Waals surface area contributed by atoms with Gasteiger partial charge >= 0.3 is 0 Å². The van der Waals surface area contributed by atoms with E-state index in [1.165, 1.54) is 0 Å². The van der Waals surface area contributed by atoms with Crippen molar-refractivity contribution in [3.8, 4) is 0 Å². The molecule has 0 saturated heterocycles. The minimum absolute atomic E-state index is 0.0950. The molecular weight excluding hydrogens is 190 g/mol. The van der Waals surface area contributed by atoms with Gasteiger partial charge in [-0.1, -0.05) is 12.8 Å². The Morgan fingerprint density at radius 1 is 1.54 bits per heavy atom. The number of rotatable bonds is 2. The lowest BCUT2D eigenvalue weighted by atomic mass is 9.92. The molecule has 1 saturated carbocycles. The van der Waals surface area contributed by atoms with Crippen LogP contribution in [0.1, 0.15) is 32.6 Å². The maximum absolute atomic E-state index is 11.2. The van der Waals surface area contributed by atoms with Crippen molar-refractivity contribution in [1.29, 1.82) is 0 Å². The zero-order valence-electron chi connectivity index (χ0n) is 7.79. The first-order chi connectivity index (χ1) is 6.11. The number of hydrogen-bond donors (Lipinski definition) is 2. The molecule has 3 atom stereocenters. The van der Waals surface area contributed by atoms with Crippen molar-refractivity contribution >= 4 is 17.5 Å². The molecule has 1 fully saturated rings. The largest absolute Gasteiger partial charge is 0.391 e. The molecule has 0 aliphatic heterocycles. The number of aliphatic hydroxyl groups is 1. The zero-order valence-corrected chi connectivity index (χ0v) is 8.55. The van der Waals surface area contributed by atoms with Gasteiger partial charge < -0.3 is 10.4 Å². The lowest BCUT2D eigenvalue weighted by Gasteiger charge is -2.28. The van der Waals surface area contributed by atoms with Crippen LogP contribution in [-0.4, -0.2) is 28.5 Å². The number of halogens is 1. The Morgan fingerprint density at radius 3 is 2.69 bits per heavy atom. The normalized spacial score (nSPS) is 31.0. The summed E-state index contributed by atoms with van der Waals surface area (Å²) < 4.78 is 0. The second-order valence-electron chi connectivity index (χ2n) is 3.58. The Balaban J connectivity index is 2.38. The van der Waals surface area contributed by atoms with Gasteiger partial charge in [-0.15, -0.1) is 11.6 Å². The maximum Gasteiger partial charge on any atom is 0.238 e. The van der Waals surface area contributed by atoms with Gasteiger partial charge in [-0.3, -0.25) is 4.79 Å². The standard InChI is InChI=1S/C9H16ClNO2/c1-6(10)9(13)11-7-4-2-3-5-8(7)12/h6-8,12H,2-5H2,1H3,(H,11,13)/t6?,7-,8-/m1/s1. The number of nitrogens with one attached hydrogen (secondary N) is 1. The molecule has 0 aromatic heterocycles. The van der Waals surface area contributed by atoms with Crippen LogP contribution in [0.15, 0.2) is 0 Å². The minimum atomic E-state index is -0.519. The molecule has 0 bridgehead atoms. The molecule has 2 N–H and O–H groups in total. The SMILES string of the molecule is CC(Cl)C(=O)N[C@@H]1CCCC[C@H]1O. The van der Waals surface area contributed by atoms with Crippen molar-refractivity contribution in [3.63, 3.8) is 0 Å². The molecule has 0 radical (unpaired) electrons. The van der Waals surface area contributed by atoms with Crippen LogP contribution in [0.5, 0.6) is 0 Å². The average molecular weight is 206 g/mol. The lowest BCUT2D eigenvalue weighted by molar-refractivity contribution is -0.122. The van der Waals surface area contributed by atoms with Gasteiger partial charge in [0.15, 0.2) is 0 Å². The van der Waals surface area contributed by atoms with Crippen molar-refractivity contribution < 1.29 is 9.90 Å². The van der Waals surface area contributed by atoms with Gasteiger partial charge in [0, 0.05) is 0 Å². The Hall–Kier alpha value is -0.280. The van der Waals surface area contributed by atoms with Crippen molar-refractivity contribution in [2.45, 2.75) is 50.1 Å². The molecule has 1 rings (SSSR count). The molecule has 1 aliphatic rings. The predicted molar refractivity (Wildman–Crippen MR) is 51.7 cm³/mol. The molecule has 1 amide bonds. The molecule has 13 heavy (non-hydrogen) atoms. The maximum atomic E-state index is 11.2. The first-order valence-corrected chi connectivity index (χ1v) is 5.17. The van der Waals surface area contributed by atoms with E-state index in [1.807, 2.05) is 0 Å². The number of alkyl halides is 1. The highest BCUT2D eigenvalue weighted by atomic mass is 35.5. The Bertz CT molecular complexity index is 184. The van der Waals surface area contributed by atoms with Gasteiger partial charge in [-0.25, -0.2) is 0 Å². The summed E-state index contributed by atoms with van der Waals surface area (Å²) in [6.07, 6.45) is 3.36. The van der Waals surface area contributed by atoms with Crippen molar-refractivity contribution in [1.82, 2.24) is 5.32 Å². The lowest BCUT2D eigenvalue weighted by Crippen LogP contribution is -2.47. The summed E-state index contributed by atoms with van der Waals surface area (Å²) in [5.41, 5.74) is 0. The third kappa shape index (κ3) is 3.16. The number of aliphatic hydroxyl groups excluding tert-OH is 1. The van der Waals surface area contributed by atoms with Crippen LogP contribution in [0.2, 0.25) is 0 Å². The zero-order chi connectivity index (χ0) is 9.84. The van der Waals surface area contributed by atoms with Gasteiger partial charge in [-0.2, -0.15) is 0 Å². The van der Waals surface area contributed by atoms with E-state index in [1.54, 1.807) is 6.92 Å². The summed E-state index contributed by atoms with van der Waals surface area (Å²) in [4.78, 5) is 11.2. The summed E-state index contributed by atoms with van der Waals surface area (Å²) in [6, 6.07) is -0.0950. The molecule has 0 aromatic rings. The summed E-state index contributed by atoms with van der Waals surface area (Å²) in [6.45, 7) is 1.63. The van der Waals surface area contributed by atoms with Crippen LogP contribution >= 0.6 is 11.6 Å². The molecule has 1 unspecified atom stereocenters. The van der Waals surface area contributed by atoms with Crippen LogP contribution in [0.4, 0.5) is 0 Å². The second-order valence-corrected chi connectivity index (χ2v) is 4.24. The van der Waals surface area contributed by atoms with Crippen LogP contribution in [-0.2, 0) is 4.79 Å². The fourth-order valence-corrected chi connectivity index (χ4v) is 1.64. The third-order valence-electron chi connectivity index (χ3n) is 2.42. The van der Waals surface area contributed by atoms with Gasteiger partial charge in [0.05, 0.1) is 12.1 Å². The van der Waals surface area contributed by atoms with Gasteiger partial charge in [-0.05, 0) is 19.8 Å². The first-order valence-electron chi connectivity index (χ1n) is 4.74. The molecule has 0 spiro atoms. The molecule has 1 aliphatic carbocycles. The van der Waals surface area contributed by atoms with E-state index in [-0.39, 0.29) is 11.9 Å². The fourth-order valence-electron chi connectivity index (χ4n) is 1.58. The summed E-state index contributed by atoms with van der Waals surface area (Å²) in [5.74, 6) is -0.187. The number of carbonyl (C=O) groups excluding carboxylic acids is 1. The smallest absolute Gasteiger partial charge is 0.238 e. The Morgan fingerprint density at radius 2 is 2.15 bits per heavy atom. The molecular formula is C9H16ClNO2. The fraction of sp³-hybridized carbons (Fsp3) is 0.889. The van der Waals surface area contributed by atoms with Crippen molar-refractivity contribution in [3.05, 3.63) is 0 Å². The monoisotopic (exact) mass is 205 g/mol. The average Bonchev–Trinajstić information content (AvgIpc) is 2.08.